The fraction of sp³-hybridized carbons (Fsp3) is 0.176. The molecule has 0 fully saturated rings. The second-order valence-electron chi connectivity index (χ2n) is 5.45. The number of thiocarbonyl (C=S) groups is 1. The van der Waals surface area contributed by atoms with E-state index in [2.05, 4.69) is 29.7 Å². The zero-order chi connectivity index (χ0) is 17.5. The van der Waals surface area contributed by atoms with Crippen molar-refractivity contribution in [1.29, 1.82) is 0 Å². The van der Waals surface area contributed by atoms with E-state index >= 15 is 0 Å². The summed E-state index contributed by atoms with van der Waals surface area (Å²) in [6, 6.07) is 14.2. The molecule has 0 radical (unpaired) electrons. The number of non-ortho nitro benzene ring substituents is 1. The highest BCUT2D eigenvalue weighted by atomic mass is 32.1. The van der Waals surface area contributed by atoms with Crippen LogP contribution in [-0.2, 0) is 0 Å². The number of hydrogen-bond acceptors (Lipinski definition) is 4. The Labute approximate surface area is 145 Å². The van der Waals surface area contributed by atoms with Crippen LogP contribution in [0.25, 0.3) is 0 Å². The van der Waals surface area contributed by atoms with Crippen LogP contribution in [0.5, 0.6) is 0 Å². The van der Waals surface area contributed by atoms with Crippen molar-refractivity contribution in [3.63, 3.8) is 0 Å². The number of anilines is 1. The Balaban J connectivity index is 1.90. The predicted octanol–water partition coefficient (Wildman–Crippen LogP) is 4.04. The van der Waals surface area contributed by atoms with Gasteiger partial charge in [-0.15, -0.1) is 0 Å². The minimum atomic E-state index is -0.447. The zero-order valence-electron chi connectivity index (χ0n) is 13.4. The number of benzene rings is 2. The van der Waals surface area contributed by atoms with Gasteiger partial charge in [0, 0.05) is 23.4 Å². The van der Waals surface area contributed by atoms with Crippen LogP contribution < -0.4 is 10.7 Å². The van der Waals surface area contributed by atoms with Crippen LogP contribution in [-0.4, -0.2) is 16.3 Å². The quantitative estimate of drug-likeness (QED) is 0.371. The smallest absolute Gasteiger partial charge is 0.270 e. The van der Waals surface area contributed by atoms with Crippen molar-refractivity contribution < 1.29 is 4.92 Å². The Kier molecular flexibility index (Phi) is 5.97. The molecule has 0 saturated heterocycles. The Morgan fingerprint density at radius 1 is 1.25 bits per heavy atom. The molecule has 2 aromatic carbocycles. The van der Waals surface area contributed by atoms with Crippen molar-refractivity contribution >= 4 is 34.9 Å². The third-order valence-electron chi connectivity index (χ3n) is 3.30. The molecule has 0 atom stereocenters. The van der Waals surface area contributed by atoms with Crippen molar-refractivity contribution in [3.05, 3.63) is 69.8 Å². The molecule has 0 aromatic heterocycles. The average molecular weight is 342 g/mol. The first-order valence-corrected chi connectivity index (χ1v) is 7.81. The summed E-state index contributed by atoms with van der Waals surface area (Å²) in [6.07, 6.45) is 1.48. The second kappa shape index (κ2) is 8.16. The van der Waals surface area contributed by atoms with Crippen molar-refractivity contribution in [2.75, 3.05) is 5.32 Å². The molecule has 0 unspecified atom stereocenters. The van der Waals surface area contributed by atoms with Gasteiger partial charge in [-0.25, -0.2) is 0 Å². The molecule has 0 aliphatic carbocycles. The molecular weight excluding hydrogens is 324 g/mol. The lowest BCUT2D eigenvalue weighted by molar-refractivity contribution is -0.384. The van der Waals surface area contributed by atoms with Crippen LogP contribution in [0.2, 0.25) is 0 Å². The molecule has 124 valence electrons. The van der Waals surface area contributed by atoms with E-state index in [4.69, 9.17) is 12.2 Å². The maximum absolute atomic E-state index is 10.7. The first-order chi connectivity index (χ1) is 11.5. The van der Waals surface area contributed by atoms with E-state index < -0.39 is 4.92 Å². The zero-order valence-corrected chi connectivity index (χ0v) is 14.2. The lowest BCUT2D eigenvalue weighted by Gasteiger charge is -2.09. The molecule has 0 saturated carbocycles. The summed E-state index contributed by atoms with van der Waals surface area (Å²) in [5, 5.41) is 18.1. The first kappa shape index (κ1) is 17.6. The van der Waals surface area contributed by atoms with Crippen molar-refractivity contribution in [3.8, 4) is 0 Å². The third-order valence-corrected chi connectivity index (χ3v) is 3.49. The van der Waals surface area contributed by atoms with E-state index in [-0.39, 0.29) is 5.69 Å². The molecule has 7 heteroatoms. The van der Waals surface area contributed by atoms with E-state index in [1.807, 2.05) is 24.3 Å². The minimum absolute atomic E-state index is 0.0184. The van der Waals surface area contributed by atoms with Crippen molar-refractivity contribution in [1.82, 2.24) is 5.43 Å². The van der Waals surface area contributed by atoms with E-state index in [1.54, 1.807) is 12.1 Å². The molecule has 0 aliphatic rings. The molecule has 2 aromatic rings. The summed E-state index contributed by atoms with van der Waals surface area (Å²) < 4.78 is 0. The molecule has 0 spiro atoms. The van der Waals surface area contributed by atoms with Gasteiger partial charge in [-0.05, 0) is 35.8 Å². The number of rotatable bonds is 5. The summed E-state index contributed by atoms with van der Waals surface area (Å²) in [4.78, 5) is 10.3. The van der Waals surface area contributed by atoms with Crippen molar-refractivity contribution in [2.45, 2.75) is 19.8 Å². The van der Waals surface area contributed by atoms with Gasteiger partial charge in [0.2, 0.25) is 0 Å². The van der Waals surface area contributed by atoms with Crippen LogP contribution in [0.3, 0.4) is 0 Å². The molecule has 0 aliphatic heterocycles. The van der Waals surface area contributed by atoms with E-state index in [0.717, 1.165) is 5.69 Å². The Hall–Kier alpha value is -2.80. The van der Waals surface area contributed by atoms with Crippen LogP contribution in [0.4, 0.5) is 11.4 Å². The summed E-state index contributed by atoms with van der Waals surface area (Å²) in [5.41, 5.74) is 5.43. The standard InChI is InChI=1S/C17H18N4O2S/c1-12(2)14-6-8-15(9-7-14)19-17(24)20-18-11-13-4-3-5-16(10-13)21(22)23/h3-12H,1-2H3,(H2,19,20,24)/b18-11+. The number of nitro benzene ring substituents is 1. The molecular formula is C17H18N4O2S. The van der Waals surface area contributed by atoms with Gasteiger partial charge < -0.3 is 5.32 Å². The summed E-state index contributed by atoms with van der Waals surface area (Å²) in [7, 11) is 0. The van der Waals surface area contributed by atoms with E-state index in [9.17, 15) is 10.1 Å². The van der Waals surface area contributed by atoms with Crippen LogP contribution in [0.15, 0.2) is 53.6 Å². The predicted molar refractivity (Wildman–Crippen MR) is 101 cm³/mol. The molecule has 24 heavy (non-hydrogen) atoms. The number of hydrazone groups is 1. The van der Waals surface area contributed by atoms with Gasteiger partial charge in [0.1, 0.15) is 0 Å². The van der Waals surface area contributed by atoms with Gasteiger partial charge in [0.15, 0.2) is 5.11 Å². The summed E-state index contributed by atoms with van der Waals surface area (Å²) >= 11 is 5.16. The number of nitrogens with one attached hydrogen (secondary N) is 2. The normalized spacial score (nSPS) is 10.8. The average Bonchev–Trinajstić information content (AvgIpc) is 2.55. The highest BCUT2D eigenvalue weighted by Crippen LogP contribution is 2.17. The van der Waals surface area contributed by atoms with E-state index in [1.165, 1.54) is 23.9 Å². The van der Waals surface area contributed by atoms with Crippen molar-refractivity contribution in [2.24, 2.45) is 5.10 Å². The number of nitrogens with zero attached hydrogens (tertiary/aromatic N) is 2. The Bertz CT molecular complexity index is 757. The Morgan fingerprint density at radius 3 is 2.58 bits per heavy atom. The van der Waals surface area contributed by atoms with E-state index in [0.29, 0.717) is 16.6 Å². The number of hydrogen-bond donors (Lipinski definition) is 2. The third kappa shape index (κ3) is 5.13. The number of nitro groups is 1. The maximum Gasteiger partial charge on any atom is 0.270 e. The van der Waals surface area contributed by atoms with Gasteiger partial charge >= 0.3 is 0 Å². The van der Waals surface area contributed by atoms with Crippen LogP contribution in [0.1, 0.15) is 30.9 Å². The summed E-state index contributed by atoms with van der Waals surface area (Å²) in [5.74, 6) is 0.476. The maximum atomic E-state index is 10.7. The highest BCUT2D eigenvalue weighted by Gasteiger charge is 2.04. The molecule has 6 nitrogen and oxygen atoms in total. The van der Waals surface area contributed by atoms with Gasteiger partial charge in [0.05, 0.1) is 11.1 Å². The van der Waals surface area contributed by atoms with Gasteiger partial charge in [-0.2, -0.15) is 5.10 Å². The molecule has 0 amide bonds. The topological polar surface area (TPSA) is 79.6 Å². The van der Waals surface area contributed by atoms with Crippen LogP contribution in [0, 0.1) is 10.1 Å². The second-order valence-corrected chi connectivity index (χ2v) is 5.86. The van der Waals surface area contributed by atoms with Gasteiger partial charge in [0.25, 0.3) is 5.69 Å². The van der Waals surface area contributed by atoms with Gasteiger partial charge in [-0.1, -0.05) is 38.1 Å². The fourth-order valence-electron chi connectivity index (χ4n) is 1.99. The van der Waals surface area contributed by atoms with Gasteiger partial charge in [-0.3, -0.25) is 15.5 Å². The Morgan fingerprint density at radius 2 is 1.96 bits per heavy atom. The summed E-state index contributed by atoms with van der Waals surface area (Å²) in [6.45, 7) is 4.27. The fourth-order valence-corrected chi connectivity index (χ4v) is 2.17. The molecule has 0 heterocycles. The largest absolute Gasteiger partial charge is 0.331 e. The lowest BCUT2D eigenvalue weighted by Crippen LogP contribution is -2.23. The monoisotopic (exact) mass is 342 g/mol. The minimum Gasteiger partial charge on any atom is -0.331 e. The first-order valence-electron chi connectivity index (χ1n) is 7.40. The lowest BCUT2D eigenvalue weighted by atomic mass is 10.0. The SMILES string of the molecule is CC(C)c1ccc(NC(=S)N/N=C/c2cccc([N+](=O)[O-])c2)cc1. The molecule has 2 rings (SSSR count). The highest BCUT2D eigenvalue weighted by molar-refractivity contribution is 7.80. The molecule has 0 bridgehead atoms. The molecule has 2 N–H and O–H groups in total. The van der Waals surface area contributed by atoms with Crippen LogP contribution >= 0.6 is 12.2 Å².